The van der Waals surface area contributed by atoms with E-state index in [1.54, 1.807) is 12.4 Å². The molecular weight excluding hydrogens is 324 g/mol. The SMILES string of the molecule is c1ccc(C(Oc2ccccc2-c2ccncc2)C2CNCCO2)cc1. The first kappa shape index (κ1) is 16.8. The monoisotopic (exact) mass is 346 g/mol. The van der Waals surface area contributed by atoms with Gasteiger partial charge in [0.15, 0.2) is 6.10 Å². The fourth-order valence-electron chi connectivity index (χ4n) is 3.26. The van der Waals surface area contributed by atoms with Crippen LogP contribution in [0.25, 0.3) is 11.1 Å². The van der Waals surface area contributed by atoms with Crippen LogP contribution >= 0.6 is 0 Å². The summed E-state index contributed by atoms with van der Waals surface area (Å²) in [6.45, 7) is 2.35. The van der Waals surface area contributed by atoms with Crippen LogP contribution < -0.4 is 10.1 Å². The summed E-state index contributed by atoms with van der Waals surface area (Å²) in [6.07, 6.45) is 3.40. The molecule has 2 atom stereocenters. The minimum Gasteiger partial charge on any atom is -0.482 e. The smallest absolute Gasteiger partial charge is 0.151 e. The van der Waals surface area contributed by atoms with E-state index in [0.29, 0.717) is 6.61 Å². The predicted octanol–water partition coefficient (Wildman–Crippen LogP) is 3.86. The van der Waals surface area contributed by atoms with E-state index in [1.165, 1.54) is 0 Å². The Kier molecular flexibility index (Phi) is 5.24. The van der Waals surface area contributed by atoms with Gasteiger partial charge in [-0.1, -0.05) is 48.5 Å². The third-order valence-electron chi connectivity index (χ3n) is 4.55. The number of aromatic nitrogens is 1. The van der Waals surface area contributed by atoms with Crippen molar-refractivity contribution in [1.29, 1.82) is 0 Å². The second-order valence-electron chi connectivity index (χ2n) is 6.29. The number of morpholine rings is 1. The Morgan fingerprint density at radius 1 is 0.962 bits per heavy atom. The average molecular weight is 346 g/mol. The molecule has 1 N–H and O–H groups in total. The van der Waals surface area contributed by atoms with Crippen molar-refractivity contribution >= 4 is 0 Å². The molecule has 1 aliphatic heterocycles. The van der Waals surface area contributed by atoms with Crippen molar-refractivity contribution in [3.05, 3.63) is 84.7 Å². The predicted molar refractivity (Wildman–Crippen MR) is 102 cm³/mol. The highest BCUT2D eigenvalue weighted by Gasteiger charge is 2.28. The summed E-state index contributed by atoms with van der Waals surface area (Å²) in [5.41, 5.74) is 3.26. The van der Waals surface area contributed by atoms with E-state index in [2.05, 4.69) is 28.5 Å². The maximum absolute atomic E-state index is 6.54. The van der Waals surface area contributed by atoms with Gasteiger partial charge in [0.05, 0.1) is 6.61 Å². The van der Waals surface area contributed by atoms with E-state index in [9.17, 15) is 0 Å². The first-order valence-corrected chi connectivity index (χ1v) is 8.95. The molecule has 4 nitrogen and oxygen atoms in total. The van der Waals surface area contributed by atoms with Gasteiger partial charge in [0.25, 0.3) is 0 Å². The zero-order valence-electron chi connectivity index (χ0n) is 14.5. The van der Waals surface area contributed by atoms with Crippen molar-refractivity contribution in [3.63, 3.8) is 0 Å². The quantitative estimate of drug-likeness (QED) is 0.762. The van der Waals surface area contributed by atoms with Crippen LogP contribution in [-0.2, 0) is 4.74 Å². The molecule has 2 unspecified atom stereocenters. The minimum atomic E-state index is -0.174. The first-order chi connectivity index (χ1) is 12.9. The first-order valence-electron chi connectivity index (χ1n) is 8.95. The van der Waals surface area contributed by atoms with E-state index < -0.39 is 0 Å². The van der Waals surface area contributed by atoms with Gasteiger partial charge in [-0.15, -0.1) is 0 Å². The molecule has 1 saturated heterocycles. The third kappa shape index (κ3) is 3.77. The van der Waals surface area contributed by atoms with Crippen LogP contribution in [0.2, 0.25) is 0 Å². The number of hydrogen-bond acceptors (Lipinski definition) is 4. The lowest BCUT2D eigenvalue weighted by molar-refractivity contribution is -0.0430. The molecule has 4 heteroatoms. The second-order valence-corrected chi connectivity index (χ2v) is 6.29. The van der Waals surface area contributed by atoms with Crippen LogP contribution in [0.1, 0.15) is 11.7 Å². The number of hydrogen-bond donors (Lipinski definition) is 1. The lowest BCUT2D eigenvalue weighted by Gasteiger charge is -2.32. The van der Waals surface area contributed by atoms with Crippen molar-refractivity contribution in [3.8, 4) is 16.9 Å². The fraction of sp³-hybridized carbons (Fsp3) is 0.227. The minimum absolute atomic E-state index is 0.0309. The summed E-state index contributed by atoms with van der Waals surface area (Å²) >= 11 is 0. The zero-order valence-corrected chi connectivity index (χ0v) is 14.5. The number of rotatable bonds is 5. The average Bonchev–Trinajstić information content (AvgIpc) is 2.74. The highest BCUT2D eigenvalue weighted by atomic mass is 16.5. The molecule has 2 heterocycles. The van der Waals surface area contributed by atoms with Crippen molar-refractivity contribution in [1.82, 2.24) is 10.3 Å². The molecule has 0 saturated carbocycles. The Labute approximate surface area is 153 Å². The number of nitrogens with one attached hydrogen (secondary N) is 1. The van der Waals surface area contributed by atoms with Gasteiger partial charge in [0.1, 0.15) is 11.9 Å². The molecule has 0 spiro atoms. The summed E-state index contributed by atoms with van der Waals surface area (Å²) in [6, 6.07) is 22.4. The lowest BCUT2D eigenvalue weighted by Crippen LogP contribution is -2.43. The van der Waals surface area contributed by atoms with Crippen molar-refractivity contribution in [2.24, 2.45) is 0 Å². The van der Waals surface area contributed by atoms with Crippen LogP contribution in [0.15, 0.2) is 79.1 Å². The van der Waals surface area contributed by atoms with Crippen LogP contribution in [-0.4, -0.2) is 30.8 Å². The zero-order chi connectivity index (χ0) is 17.6. The molecule has 132 valence electrons. The molecular formula is C22H22N2O2. The molecule has 0 bridgehead atoms. The van der Waals surface area contributed by atoms with Crippen LogP contribution in [0.5, 0.6) is 5.75 Å². The van der Waals surface area contributed by atoms with E-state index in [-0.39, 0.29) is 12.2 Å². The van der Waals surface area contributed by atoms with Gasteiger partial charge in [-0.3, -0.25) is 4.98 Å². The summed E-state index contributed by atoms with van der Waals surface area (Å²) in [5.74, 6) is 0.849. The number of para-hydroxylation sites is 1. The van der Waals surface area contributed by atoms with E-state index in [4.69, 9.17) is 9.47 Å². The normalized spacial score (nSPS) is 18.2. The molecule has 3 aromatic rings. The van der Waals surface area contributed by atoms with Gasteiger partial charge in [0, 0.05) is 31.0 Å². The van der Waals surface area contributed by atoms with Crippen LogP contribution in [0.3, 0.4) is 0 Å². The molecule has 0 aliphatic carbocycles. The molecule has 0 amide bonds. The standard InChI is InChI=1S/C22H22N2O2/c1-2-6-18(7-3-1)22(21-16-24-14-15-25-21)26-20-9-5-4-8-19(20)17-10-12-23-13-11-17/h1-13,21-22,24H,14-16H2. The Bertz CT molecular complexity index is 818. The molecule has 4 rings (SSSR count). The van der Waals surface area contributed by atoms with Crippen molar-refractivity contribution in [2.45, 2.75) is 12.2 Å². The topological polar surface area (TPSA) is 43.4 Å². The Balaban J connectivity index is 1.68. The van der Waals surface area contributed by atoms with Gasteiger partial charge >= 0.3 is 0 Å². The Morgan fingerprint density at radius 2 is 1.73 bits per heavy atom. The van der Waals surface area contributed by atoms with E-state index in [0.717, 1.165) is 35.5 Å². The molecule has 1 fully saturated rings. The van der Waals surface area contributed by atoms with Crippen molar-refractivity contribution in [2.75, 3.05) is 19.7 Å². The van der Waals surface area contributed by atoms with E-state index >= 15 is 0 Å². The molecule has 1 aromatic heterocycles. The van der Waals surface area contributed by atoms with Gasteiger partial charge in [0.2, 0.25) is 0 Å². The van der Waals surface area contributed by atoms with Gasteiger partial charge in [-0.25, -0.2) is 0 Å². The lowest BCUT2D eigenvalue weighted by atomic mass is 10.0. The van der Waals surface area contributed by atoms with Gasteiger partial charge < -0.3 is 14.8 Å². The number of ether oxygens (including phenoxy) is 2. The number of pyridine rings is 1. The highest BCUT2D eigenvalue weighted by Crippen LogP contribution is 2.34. The van der Waals surface area contributed by atoms with Crippen LogP contribution in [0, 0.1) is 0 Å². The Hall–Kier alpha value is -2.69. The molecule has 2 aromatic carbocycles. The van der Waals surface area contributed by atoms with E-state index in [1.807, 2.05) is 48.5 Å². The fourth-order valence-corrected chi connectivity index (χ4v) is 3.26. The van der Waals surface area contributed by atoms with Crippen LogP contribution in [0.4, 0.5) is 0 Å². The second kappa shape index (κ2) is 8.13. The van der Waals surface area contributed by atoms with Gasteiger partial charge in [-0.05, 0) is 29.3 Å². The molecule has 26 heavy (non-hydrogen) atoms. The molecule has 0 radical (unpaired) electrons. The summed E-state index contributed by atoms with van der Waals surface area (Å²) in [4.78, 5) is 4.11. The highest BCUT2D eigenvalue weighted by molar-refractivity contribution is 5.69. The molecule has 1 aliphatic rings. The maximum Gasteiger partial charge on any atom is 0.151 e. The summed E-state index contributed by atoms with van der Waals surface area (Å²) < 4.78 is 12.6. The van der Waals surface area contributed by atoms with Crippen molar-refractivity contribution < 1.29 is 9.47 Å². The Morgan fingerprint density at radius 3 is 2.50 bits per heavy atom. The maximum atomic E-state index is 6.54. The van der Waals surface area contributed by atoms with Gasteiger partial charge in [-0.2, -0.15) is 0 Å². The summed E-state index contributed by atoms with van der Waals surface area (Å²) in [5, 5.41) is 3.40. The number of benzene rings is 2. The number of nitrogens with zero attached hydrogens (tertiary/aromatic N) is 1. The third-order valence-corrected chi connectivity index (χ3v) is 4.55. The summed E-state index contributed by atoms with van der Waals surface area (Å²) in [7, 11) is 0. The largest absolute Gasteiger partial charge is 0.482 e.